The van der Waals surface area contributed by atoms with E-state index >= 15 is 0 Å². The SMILES string of the molecule is CC(C)CNCC1(Cc2ccc(Br)cn2)CCC1. The molecule has 100 valence electrons. The Morgan fingerprint density at radius 2 is 2.17 bits per heavy atom. The summed E-state index contributed by atoms with van der Waals surface area (Å²) in [6, 6.07) is 4.24. The van der Waals surface area contributed by atoms with E-state index in [2.05, 4.69) is 52.2 Å². The number of aromatic nitrogens is 1. The zero-order valence-corrected chi connectivity index (χ0v) is 13.0. The number of rotatable bonds is 6. The van der Waals surface area contributed by atoms with E-state index in [0.717, 1.165) is 29.9 Å². The van der Waals surface area contributed by atoms with Gasteiger partial charge in [-0.05, 0) is 65.2 Å². The molecule has 0 aliphatic heterocycles. The molecule has 1 fully saturated rings. The number of nitrogens with one attached hydrogen (secondary N) is 1. The van der Waals surface area contributed by atoms with Crippen molar-refractivity contribution in [2.24, 2.45) is 11.3 Å². The second kappa shape index (κ2) is 6.16. The average molecular weight is 311 g/mol. The lowest BCUT2D eigenvalue weighted by Crippen LogP contribution is -2.42. The maximum Gasteiger partial charge on any atom is 0.0413 e. The van der Waals surface area contributed by atoms with E-state index in [-0.39, 0.29) is 0 Å². The van der Waals surface area contributed by atoms with Crippen LogP contribution >= 0.6 is 15.9 Å². The molecule has 1 aliphatic rings. The van der Waals surface area contributed by atoms with Gasteiger partial charge in [0.2, 0.25) is 0 Å². The first-order valence-corrected chi connectivity index (χ1v) is 7.70. The van der Waals surface area contributed by atoms with Crippen LogP contribution in [0, 0.1) is 11.3 Å². The van der Waals surface area contributed by atoms with Crippen LogP contribution in [-0.4, -0.2) is 18.1 Å². The molecule has 2 rings (SSSR count). The first-order valence-electron chi connectivity index (χ1n) is 6.91. The van der Waals surface area contributed by atoms with Crippen LogP contribution in [0.4, 0.5) is 0 Å². The molecule has 0 saturated heterocycles. The summed E-state index contributed by atoms with van der Waals surface area (Å²) in [5.41, 5.74) is 1.69. The second-order valence-electron chi connectivity index (χ2n) is 6.02. The summed E-state index contributed by atoms with van der Waals surface area (Å²) in [5.74, 6) is 0.730. The fraction of sp³-hybridized carbons (Fsp3) is 0.667. The van der Waals surface area contributed by atoms with Gasteiger partial charge in [-0.15, -0.1) is 0 Å². The van der Waals surface area contributed by atoms with E-state index in [1.165, 1.54) is 25.0 Å². The third-order valence-corrected chi connectivity index (χ3v) is 4.28. The lowest BCUT2D eigenvalue weighted by atomic mass is 9.66. The predicted octanol–water partition coefficient (Wildman–Crippen LogP) is 3.80. The lowest BCUT2D eigenvalue weighted by Gasteiger charge is -2.42. The number of hydrogen-bond donors (Lipinski definition) is 1. The highest BCUT2D eigenvalue weighted by Crippen LogP contribution is 2.42. The van der Waals surface area contributed by atoms with Gasteiger partial charge >= 0.3 is 0 Å². The van der Waals surface area contributed by atoms with E-state index < -0.39 is 0 Å². The minimum absolute atomic E-state index is 0.468. The fourth-order valence-corrected chi connectivity index (χ4v) is 2.85. The van der Waals surface area contributed by atoms with Gasteiger partial charge in [-0.25, -0.2) is 0 Å². The lowest BCUT2D eigenvalue weighted by molar-refractivity contribution is 0.127. The van der Waals surface area contributed by atoms with Gasteiger partial charge in [-0.3, -0.25) is 4.98 Å². The number of halogens is 1. The molecule has 0 amide bonds. The quantitative estimate of drug-likeness (QED) is 0.864. The molecule has 1 saturated carbocycles. The van der Waals surface area contributed by atoms with Crippen LogP contribution in [0.25, 0.3) is 0 Å². The molecule has 1 heterocycles. The predicted molar refractivity (Wildman–Crippen MR) is 79.6 cm³/mol. The third-order valence-electron chi connectivity index (χ3n) is 3.81. The van der Waals surface area contributed by atoms with Gasteiger partial charge in [0.15, 0.2) is 0 Å². The van der Waals surface area contributed by atoms with Crippen molar-refractivity contribution in [1.29, 1.82) is 0 Å². The number of pyridine rings is 1. The Hall–Kier alpha value is -0.410. The molecule has 1 aromatic heterocycles. The van der Waals surface area contributed by atoms with Crippen LogP contribution in [0.3, 0.4) is 0 Å². The monoisotopic (exact) mass is 310 g/mol. The molecule has 18 heavy (non-hydrogen) atoms. The van der Waals surface area contributed by atoms with Crippen LogP contribution in [0.15, 0.2) is 22.8 Å². The van der Waals surface area contributed by atoms with E-state index in [4.69, 9.17) is 0 Å². The van der Waals surface area contributed by atoms with Gasteiger partial charge in [0.05, 0.1) is 0 Å². The summed E-state index contributed by atoms with van der Waals surface area (Å²) in [6.45, 7) is 6.78. The molecule has 0 radical (unpaired) electrons. The molecule has 0 unspecified atom stereocenters. The number of nitrogens with zero attached hydrogens (tertiary/aromatic N) is 1. The Bertz CT molecular complexity index is 369. The van der Waals surface area contributed by atoms with E-state index in [0.29, 0.717) is 5.41 Å². The van der Waals surface area contributed by atoms with Crippen LogP contribution < -0.4 is 5.32 Å². The maximum absolute atomic E-state index is 4.51. The van der Waals surface area contributed by atoms with Crippen molar-refractivity contribution >= 4 is 15.9 Å². The van der Waals surface area contributed by atoms with Crippen LogP contribution in [0.2, 0.25) is 0 Å². The summed E-state index contributed by atoms with van der Waals surface area (Å²) in [6.07, 6.45) is 7.08. The number of hydrogen-bond acceptors (Lipinski definition) is 2. The summed E-state index contributed by atoms with van der Waals surface area (Å²) >= 11 is 3.44. The molecule has 0 spiro atoms. The molecule has 0 atom stereocenters. The van der Waals surface area contributed by atoms with Crippen LogP contribution in [-0.2, 0) is 6.42 Å². The largest absolute Gasteiger partial charge is 0.316 e. The van der Waals surface area contributed by atoms with Gasteiger partial charge in [-0.2, -0.15) is 0 Å². The minimum Gasteiger partial charge on any atom is -0.316 e. The smallest absolute Gasteiger partial charge is 0.0413 e. The third kappa shape index (κ3) is 3.79. The van der Waals surface area contributed by atoms with Gasteiger partial charge in [0, 0.05) is 22.9 Å². The van der Waals surface area contributed by atoms with E-state index in [1.54, 1.807) is 0 Å². The van der Waals surface area contributed by atoms with Crippen molar-refractivity contribution < 1.29 is 0 Å². The molecular formula is C15H23BrN2. The zero-order valence-electron chi connectivity index (χ0n) is 11.4. The molecule has 2 nitrogen and oxygen atoms in total. The standard InChI is InChI=1S/C15H23BrN2/c1-12(2)9-17-11-15(6-3-7-15)8-14-5-4-13(16)10-18-14/h4-5,10,12,17H,3,6-9,11H2,1-2H3. The summed E-state index contributed by atoms with van der Waals surface area (Å²) in [7, 11) is 0. The summed E-state index contributed by atoms with van der Waals surface area (Å²) in [5, 5.41) is 3.62. The molecular weight excluding hydrogens is 288 g/mol. The van der Waals surface area contributed by atoms with E-state index in [9.17, 15) is 0 Å². The molecule has 1 aliphatic carbocycles. The Kier molecular flexibility index (Phi) is 4.79. The van der Waals surface area contributed by atoms with Crippen molar-refractivity contribution in [3.8, 4) is 0 Å². The molecule has 1 N–H and O–H groups in total. The topological polar surface area (TPSA) is 24.9 Å². The molecule has 3 heteroatoms. The Balaban J connectivity index is 1.89. The average Bonchev–Trinajstić information content (AvgIpc) is 2.28. The maximum atomic E-state index is 4.51. The second-order valence-corrected chi connectivity index (χ2v) is 6.94. The molecule has 1 aromatic rings. The van der Waals surface area contributed by atoms with Crippen LogP contribution in [0.5, 0.6) is 0 Å². The Labute approximate surface area is 119 Å². The Morgan fingerprint density at radius 1 is 1.39 bits per heavy atom. The van der Waals surface area contributed by atoms with Gasteiger partial charge in [0.1, 0.15) is 0 Å². The highest BCUT2D eigenvalue weighted by molar-refractivity contribution is 9.10. The van der Waals surface area contributed by atoms with Gasteiger partial charge < -0.3 is 5.32 Å². The van der Waals surface area contributed by atoms with Gasteiger partial charge in [0.25, 0.3) is 0 Å². The highest BCUT2D eigenvalue weighted by atomic mass is 79.9. The minimum atomic E-state index is 0.468. The van der Waals surface area contributed by atoms with Crippen molar-refractivity contribution in [1.82, 2.24) is 10.3 Å². The Morgan fingerprint density at radius 3 is 2.67 bits per heavy atom. The first kappa shape index (κ1) is 14.0. The summed E-state index contributed by atoms with van der Waals surface area (Å²) < 4.78 is 1.06. The fourth-order valence-electron chi connectivity index (χ4n) is 2.61. The zero-order chi connectivity index (χ0) is 13.0. The van der Waals surface area contributed by atoms with Crippen LogP contribution in [0.1, 0.15) is 38.8 Å². The first-order chi connectivity index (χ1) is 8.60. The van der Waals surface area contributed by atoms with Crippen molar-refractivity contribution in [2.75, 3.05) is 13.1 Å². The van der Waals surface area contributed by atoms with Crippen molar-refractivity contribution in [3.63, 3.8) is 0 Å². The molecule has 0 aromatic carbocycles. The molecule has 0 bridgehead atoms. The normalized spacial score (nSPS) is 17.8. The highest BCUT2D eigenvalue weighted by Gasteiger charge is 2.36. The van der Waals surface area contributed by atoms with Crippen molar-refractivity contribution in [3.05, 3.63) is 28.5 Å². The van der Waals surface area contributed by atoms with E-state index in [1.807, 2.05) is 6.20 Å². The van der Waals surface area contributed by atoms with Crippen molar-refractivity contribution in [2.45, 2.75) is 39.5 Å². The summed E-state index contributed by atoms with van der Waals surface area (Å²) in [4.78, 5) is 4.51. The van der Waals surface area contributed by atoms with Gasteiger partial charge in [-0.1, -0.05) is 20.3 Å².